The van der Waals surface area contributed by atoms with Crippen LogP contribution in [-0.4, -0.2) is 30.5 Å². The van der Waals surface area contributed by atoms with E-state index in [4.69, 9.17) is 10.6 Å². The number of benzene rings is 2. The molecule has 0 unspecified atom stereocenters. The first-order valence-electron chi connectivity index (χ1n) is 10.7. The quantitative estimate of drug-likeness (QED) is 0.720. The fourth-order valence-electron chi connectivity index (χ4n) is 4.25. The minimum Gasteiger partial charge on any atom is -0.494 e. The smallest absolute Gasteiger partial charge is 0.145 e. The molecule has 0 amide bonds. The molecule has 2 aliphatic rings. The van der Waals surface area contributed by atoms with Crippen molar-refractivity contribution >= 4 is 5.84 Å². The zero-order chi connectivity index (χ0) is 19.2. The van der Waals surface area contributed by atoms with Crippen LogP contribution >= 0.6 is 0 Å². The van der Waals surface area contributed by atoms with Gasteiger partial charge in [0.2, 0.25) is 0 Å². The van der Waals surface area contributed by atoms with Crippen LogP contribution in [0.3, 0.4) is 0 Å². The predicted octanol–water partition coefficient (Wildman–Crippen LogP) is 4.56. The van der Waals surface area contributed by atoms with E-state index >= 15 is 0 Å². The molecular formula is C24H31N3O. The van der Waals surface area contributed by atoms with Gasteiger partial charge in [-0.2, -0.15) is 0 Å². The van der Waals surface area contributed by atoms with Gasteiger partial charge in [-0.1, -0.05) is 68.5 Å². The van der Waals surface area contributed by atoms with Gasteiger partial charge in [-0.05, 0) is 42.0 Å². The Morgan fingerprint density at radius 1 is 0.929 bits per heavy atom. The van der Waals surface area contributed by atoms with Gasteiger partial charge in [0.05, 0.1) is 19.7 Å². The number of aliphatic imine (C=N–C) groups is 1. The Morgan fingerprint density at radius 3 is 2.25 bits per heavy atom. The summed E-state index contributed by atoms with van der Waals surface area (Å²) in [4.78, 5) is 4.47. The second-order valence-corrected chi connectivity index (χ2v) is 8.06. The molecular weight excluding hydrogens is 346 g/mol. The number of ether oxygens (including phenoxy) is 1. The van der Waals surface area contributed by atoms with Crippen molar-refractivity contribution < 1.29 is 4.74 Å². The zero-order valence-corrected chi connectivity index (χ0v) is 16.6. The van der Waals surface area contributed by atoms with Crippen molar-refractivity contribution in [1.29, 1.82) is 0 Å². The Kier molecular flexibility index (Phi) is 6.27. The van der Waals surface area contributed by atoms with Crippen LogP contribution in [-0.2, 0) is 6.42 Å². The van der Waals surface area contributed by atoms with Crippen LogP contribution in [0.4, 0.5) is 0 Å². The monoisotopic (exact) mass is 377 g/mol. The van der Waals surface area contributed by atoms with E-state index in [9.17, 15) is 0 Å². The summed E-state index contributed by atoms with van der Waals surface area (Å²) in [7, 11) is 0. The van der Waals surface area contributed by atoms with E-state index in [1.165, 1.54) is 49.7 Å². The number of nitrogens with two attached hydrogens (primary N) is 1. The summed E-state index contributed by atoms with van der Waals surface area (Å²) < 4.78 is 5.97. The highest BCUT2D eigenvalue weighted by molar-refractivity contribution is 5.99. The second kappa shape index (κ2) is 9.24. The number of rotatable bonds is 7. The molecule has 4 nitrogen and oxygen atoms in total. The highest BCUT2D eigenvalue weighted by atomic mass is 16.5. The van der Waals surface area contributed by atoms with Gasteiger partial charge < -0.3 is 4.74 Å². The maximum atomic E-state index is 5.97. The van der Waals surface area contributed by atoms with Gasteiger partial charge in [0.15, 0.2) is 0 Å². The fourth-order valence-corrected chi connectivity index (χ4v) is 4.25. The SMILES string of the molecule is NN1CCN=C1c1ccc(Cc2ccc(OCCC3CCCCC3)cc2)cc1. The third kappa shape index (κ3) is 4.93. The summed E-state index contributed by atoms with van der Waals surface area (Å²) in [5.41, 5.74) is 3.67. The standard InChI is InChI=1S/C24H31N3O/c25-27-16-15-26-24(27)22-10-6-20(7-11-22)18-21-8-12-23(13-9-21)28-17-14-19-4-2-1-3-5-19/h6-13,19H,1-5,14-18,25H2. The zero-order valence-electron chi connectivity index (χ0n) is 16.6. The lowest BCUT2D eigenvalue weighted by molar-refractivity contribution is 0.246. The first kappa shape index (κ1) is 19.0. The number of amidine groups is 1. The van der Waals surface area contributed by atoms with Crippen molar-refractivity contribution in [3.8, 4) is 5.75 Å². The summed E-state index contributed by atoms with van der Waals surface area (Å²) in [6.45, 7) is 2.42. The van der Waals surface area contributed by atoms with E-state index < -0.39 is 0 Å². The Morgan fingerprint density at radius 2 is 1.61 bits per heavy atom. The molecule has 28 heavy (non-hydrogen) atoms. The van der Waals surface area contributed by atoms with Crippen LogP contribution in [0.1, 0.15) is 55.2 Å². The molecule has 0 aromatic heterocycles. The molecule has 1 aliphatic heterocycles. The molecule has 0 saturated heterocycles. The van der Waals surface area contributed by atoms with Crippen molar-refractivity contribution in [2.75, 3.05) is 19.7 Å². The van der Waals surface area contributed by atoms with E-state index in [0.29, 0.717) is 0 Å². The summed E-state index contributed by atoms with van der Waals surface area (Å²) in [5, 5.41) is 1.72. The summed E-state index contributed by atoms with van der Waals surface area (Å²) >= 11 is 0. The molecule has 4 heteroatoms. The van der Waals surface area contributed by atoms with Crippen molar-refractivity contribution in [3.05, 3.63) is 65.2 Å². The normalized spacial score (nSPS) is 17.6. The third-order valence-electron chi connectivity index (χ3n) is 5.94. The van der Waals surface area contributed by atoms with Crippen molar-refractivity contribution in [2.45, 2.75) is 44.9 Å². The lowest BCUT2D eigenvalue weighted by atomic mass is 9.87. The molecule has 148 valence electrons. The molecule has 1 heterocycles. The Bertz CT molecular complexity index is 777. The van der Waals surface area contributed by atoms with Gasteiger partial charge in [-0.15, -0.1) is 0 Å². The summed E-state index contributed by atoms with van der Waals surface area (Å²) in [6, 6.07) is 17.1. The Hall–Kier alpha value is -2.33. The van der Waals surface area contributed by atoms with Gasteiger partial charge in [0.1, 0.15) is 11.6 Å². The molecule has 0 spiro atoms. The number of hydrogen-bond donors (Lipinski definition) is 1. The van der Waals surface area contributed by atoms with Gasteiger partial charge in [-0.3, -0.25) is 10.0 Å². The van der Waals surface area contributed by atoms with Crippen LogP contribution < -0.4 is 10.6 Å². The minimum absolute atomic E-state index is 0.780. The number of nitrogens with zero attached hydrogens (tertiary/aromatic N) is 2. The first-order chi connectivity index (χ1) is 13.8. The van der Waals surface area contributed by atoms with Crippen molar-refractivity contribution in [2.24, 2.45) is 16.8 Å². The molecule has 0 bridgehead atoms. The summed E-state index contributed by atoms with van der Waals surface area (Å²) in [6.07, 6.45) is 9.11. The second-order valence-electron chi connectivity index (χ2n) is 8.06. The molecule has 2 N–H and O–H groups in total. The first-order valence-corrected chi connectivity index (χ1v) is 10.7. The van der Waals surface area contributed by atoms with Crippen LogP contribution in [0.2, 0.25) is 0 Å². The van der Waals surface area contributed by atoms with Crippen molar-refractivity contribution in [1.82, 2.24) is 5.01 Å². The van der Waals surface area contributed by atoms with E-state index in [1.54, 1.807) is 5.01 Å². The highest BCUT2D eigenvalue weighted by Gasteiger charge is 2.15. The van der Waals surface area contributed by atoms with Crippen molar-refractivity contribution in [3.63, 3.8) is 0 Å². The molecule has 1 aliphatic carbocycles. The molecule has 0 atom stereocenters. The minimum atomic E-state index is 0.780. The average molecular weight is 378 g/mol. The van der Waals surface area contributed by atoms with Gasteiger partial charge in [0, 0.05) is 5.56 Å². The Balaban J connectivity index is 1.27. The molecule has 1 saturated carbocycles. The maximum Gasteiger partial charge on any atom is 0.145 e. The van der Waals surface area contributed by atoms with E-state index in [0.717, 1.165) is 49.2 Å². The van der Waals surface area contributed by atoms with Crippen LogP contribution in [0, 0.1) is 5.92 Å². The molecule has 0 radical (unpaired) electrons. The Labute approximate surface area is 168 Å². The fraction of sp³-hybridized carbons (Fsp3) is 0.458. The lowest BCUT2D eigenvalue weighted by Crippen LogP contribution is -2.34. The average Bonchev–Trinajstić information content (AvgIpc) is 3.17. The molecule has 4 rings (SSSR count). The molecule has 1 fully saturated rings. The largest absolute Gasteiger partial charge is 0.494 e. The summed E-state index contributed by atoms with van der Waals surface area (Å²) in [5.74, 6) is 8.70. The van der Waals surface area contributed by atoms with Gasteiger partial charge >= 0.3 is 0 Å². The van der Waals surface area contributed by atoms with E-state index in [-0.39, 0.29) is 0 Å². The number of hydrazine groups is 1. The molecule has 2 aromatic rings. The van der Waals surface area contributed by atoms with E-state index in [2.05, 4.69) is 53.5 Å². The predicted molar refractivity (Wildman–Crippen MR) is 115 cm³/mol. The van der Waals surface area contributed by atoms with Crippen LogP contribution in [0.25, 0.3) is 0 Å². The molecule has 2 aromatic carbocycles. The highest BCUT2D eigenvalue weighted by Crippen LogP contribution is 2.26. The van der Waals surface area contributed by atoms with Gasteiger partial charge in [-0.25, -0.2) is 5.84 Å². The van der Waals surface area contributed by atoms with Crippen LogP contribution in [0.15, 0.2) is 53.5 Å². The van der Waals surface area contributed by atoms with E-state index in [1.807, 2.05) is 0 Å². The lowest BCUT2D eigenvalue weighted by Gasteiger charge is -2.21. The third-order valence-corrected chi connectivity index (χ3v) is 5.94. The van der Waals surface area contributed by atoms with Gasteiger partial charge in [0.25, 0.3) is 0 Å². The topological polar surface area (TPSA) is 50.8 Å². The number of hydrogen-bond acceptors (Lipinski definition) is 4. The maximum absolute atomic E-state index is 5.97. The van der Waals surface area contributed by atoms with Crippen LogP contribution in [0.5, 0.6) is 5.75 Å².